The molecule has 12 heavy (non-hydrogen) atoms. The van der Waals surface area contributed by atoms with Crippen LogP contribution in [0.3, 0.4) is 0 Å². The summed E-state index contributed by atoms with van der Waals surface area (Å²) in [5, 5.41) is 19.6. The third kappa shape index (κ3) is 4.92. The molecule has 0 spiro atoms. The average Bonchev–Trinajstić information content (AvgIpc) is 2.07. The van der Waals surface area contributed by atoms with Crippen LogP contribution in [0.4, 0.5) is 4.79 Å². The number of hydrogen-bond acceptors (Lipinski definition) is 4. The van der Waals surface area contributed by atoms with Crippen LogP contribution < -0.4 is 5.32 Å². The van der Waals surface area contributed by atoms with Crippen molar-refractivity contribution in [2.75, 3.05) is 26.4 Å². The molecule has 5 nitrogen and oxygen atoms in total. The molecule has 5 heteroatoms. The molecular weight excluding hydrogens is 162 g/mol. The Bertz CT molecular complexity index is 125. The highest BCUT2D eigenvalue weighted by molar-refractivity contribution is 5.66. The van der Waals surface area contributed by atoms with Gasteiger partial charge in [0.2, 0.25) is 0 Å². The summed E-state index contributed by atoms with van der Waals surface area (Å²) in [6.07, 6.45) is -0.524. The lowest BCUT2D eigenvalue weighted by Gasteiger charge is -2.11. The van der Waals surface area contributed by atoms with Gasteiger partial charge in [-0.25, -0.2) is 4.79 Å². The van der Waals surface area contributed by atoms with Gasteiger partial charge in [0.25, 0.3) is 0 Å². The summed E-state index contributed by atoms with van der Waals surface area (Å²) in [5.41, 5.74) is 0. The second-order valence-electron chi connectivity index (χ2n) is 2.33. The number of rotatable bonds is 5. The zero-order chi connectivity index (χ0) is 9.40. The van der Waals surface area contributed by atoms with Crippen molar-refractivity contribution < 1.29 is 19.7 Å². The van der Waals surface area contributed by atoms with E-state index in [9.17, 15) is 4.79 Å². The van der Waals surface area contributed by atoms with Gasteiger partial charge in [-0.2, -0.15) is 0 Å². The predicted octanol–water partition coefficient (Wildman–Crippen LogP) is -0.667. The molecule has 0 saturated carbocycles. The maximum Gasteiger partial charge on any atom is 0.407 e. The molecule has 72 valence electrons. The second-order valence-corrected chi connectivity index (χ2v) is 2.33. The van der Waals surface area contributed by atoms with Gasteiger partial charge in [-0.15, -0.1) is 0 Å². The van der Waals surface area contributed by atoms with E-state index in [2.05, 4.69) is 10.1 Å². The van der Waals surface area contributed by atoms with E-state index in [1.54, 1.807) is 6.92 Å². The van der Waals surface area contributed by atoms with E-state index in [4.69, 9.17) is 10.2 Å². The van der Waals surface area contributed by atoms with Gasteiger partial charge in [-0.3, -0.25) is 0 Å². The van der Waals surface area contributed by atoms with Crippen molar-refractivity contribution in [1.29, 1.82) is 0 Å². The molecule has 0 aliphatic heterocycles. The largest absolute Gasteiger partial charge is 0.450 e. The highest BCUT2D eigenvalue weighted by atomic mass is 16.5. The van der Waals surface area contributed by atoms with E-state index in [-0.39, 0.29) is 25.7 Å². The average molecular weight is 177 g/mol. The minimum atomic E-state index is -0.524. The van der Waals surface area contributed by atoms with Crippen LogP contribution >= 0.6 is 0 Å². The first kappa shape index (κ1) is 11.2. The highest BCUT2D eigenvalue weighted by Gasteiger charge is 2.07. The molecule has 0 rings (SSSR count). The quantitative estimate of drug-likeness (QED) is 0.520. The van der Waals surface area contributed by atoms with Gasteiger partial charge in [0.15, 0.2) is 0 Å². The van der Waals surface area contributed by atoms with Gasteiger partial charge >= 0.3 is 6.09 Å². The Morgan fingerprint density at radius 2 is 2.08 bits per heavy atom. The number of carbonyl (C=O) groups is 1. The van der Waals surface area contributed by atoms with Crippen LogP contribution in [0.25, 0.3) is 0 Å². The van der Waals surface area contributed by atoms with Crippen molar-refractivity contribution in [3.63, 3.8) is 0 Å². The number of aliphatic hydroxyl groups is 2. The lowest BCUT2D eigenvalue weighted by molar-refractivity contribution is 0.131. The van der Waals surface area contributed by atoms with Crippen molar-refractivity contribution >= 4 is 6.09 Å². The van der Waals surface area contributed by atoms with Crippen LogP contribution in [0, 0.1) is 5.92 Å². The molecule has 3 N–H and O–H groups in total. The standard InChI is InChI=1S/C7H15NO4/c1-2-12-7(11)8-3-6(4-9)5-10/h6,9-10H,2-5H2,1H3,(H,8,11). The minimum Gasteiger partial charge on any atom is -0.450 e. The summed E-state index contributed by atoms with van der Waals surface area (Å²) in [4.78, 5) is 10.7. The molecule has 0 aliphatic rings. The molecule has 1 amide bonds. The van der Waals surface area contributed by atoms with Crippen molar-refractivity contribution in [3.8, 4) is 0 Å². The lowest BCUT2D eigenvalue weighted by atomic mass is 10.2. The van der Waals surface area contributed by atoms with Crippen LogP contribution in [-0.2, 0) is 4.74 Å². The summed E-state index contributed by atoms with van der Waals surface area (Å²) < 4.78 is 4.57. The van der Waals surface area contributed by atoms with E-state index in [1.807, 2.05) is 0 Å². The van der Waals surface area contributed by atoms with Crippen LogP contribution in [-0.4, -0.2) is 42.7 Å². The number of amides is 1. The molecule has 0 unspecified atom stereocenters. The van der Waals surface area contributed by atoms with Gasteiger partial charge in [-0.1, -0.05) is 0 Å². The van der Waals surface area contributed by atoms with E-state index >= 15 is 0 Å². The first-order chi connectivity index (χ1) is 5.74. The number of aliphatic hydroxyl groups excluding tert-OH is 2. The highest BCUT2D eigenvalue weighted by Crippen LogP contribution is 1.90. The predicted molar refractivity (Wildman–Crippen MR) is 42.7 cm³/mol. The number of alkyl carbamates (subject to hydrolysis) is 1. The first-order valence-corrected chi connectivity index (χ1v) is 3.86. The van der Waals surface area contributed by atoms with Crippen LogP contribution in [0.5, 0.6) is 0 Å². The van der Waals surface area contributed by atoms with Crippen LogP contribution in [0.1, 0.15) is 6.92 Å². The third-order valence-corrected chi connectivity index (χ3v) is 1.33. The molecule has 0 saturated heterocycles. The van der Waals surface area contributed by atoms with E-state index < -0.39 is 6.09 Å². The molecule has 0 heterocycles. The zero-order valence-electron chi connectivity index (χ0n) is 7.12. The first-order valence-electron chi connectivity index (χ1n) is 3.86. The van der Waals surface area contributed by atoms with Crippen molar-refractivity contribution in [1.82, 2.24) is 5.32 Å². The molecule has 0 bridgehead atoms. The summed E-state index contributed by atoms with van der Waals surface area (Å²) in [7, 11) is 0. The smallest absolute Gasteiger partial charge is 0.407 e. The third-order valence-electron chi connectivity index (χ3n) is 1.33. The normalized spacial score (nSPS) is 10.0. The summed E-state index contributed by atoms with van der Waals surface area (Å²) in [6.45, 7) is 1.95. The molecule has 0 atom stereocenters. The van der Waals surface area contributed by atoms with Gasteiger partial charge < -0.3 is 20.3 Å². The maximum absolute atomic E-state index is 10.7. The Labute approximate surface area is 71.3 Å². The van der Waals surface area contributed by atoms with Crippen molar-refractivity contribution in [2.24, 2.45) is 5.92 Å². The van der Waals surface area contributed by atoms with Crippen LogP contribution in [0.15, 0.2) is 0 Å². The molecule has 0 aromatic heterocycles. The number of ether oxygens (including phenoxy) is 1. The molecular formula is C7H15NO4. The van der Waals surface area contributed by atoms with Crippen LogP contribution in [0.2, 0.25) is 0 Å². The van der Waals surface area contributed by atoms with E-state index in [0.29, 0.717) is 6.61 Å². The maximum atomic E-state index is 10.7. The lowest BCUT2D eigenvalue weighted by Crippen LogP contribution is -2.32. The Balaban J connectivity index is 3.44. The van der Waals surface area contributed by atoms with Crippen molar-refractivity contribution in [3.05, 3.63) is 0 Å². The zero-order valence-corrected chi connectivity index (χ0v) is 7.12. The van der Waals surface area contributed by atoms with Gasteiger partial charge in [0.05, 0.1) is 6.61 Å². The second kappa shape index (κ2) is 6.87. The Kier molecular flexibility index (Phi) is 6.41. The molecule has 0 aliphatic carbocycles. The molecule has 0 aromatic rings. The summed E-state index contributed by atoms with van der Waals surface area (Å²) >= 11 is 0. The minimum absolute atomic E-state index is 0.150. The van der Waals surface area contributed by atoms with Gasteiger partial charge in [-0.05, 0) is 6.92 Å². The van der Waals surface area contributed by atoms with E-state index in [0.717, 1.165) is 0 Å². The summed E-state index contributed by atoms with van der Waals surface area (Å²) in [5.74, 6) is -0.311. The fourth-order valence-corrected chi connectivity index (χ4v) is 0.597. The topological polar surface area (TPSA) is 78.8 Å². The molecule has 0 radical (unpaired) electrons. The van der Waals surface area contributed by atoms with Gasteiger partial charge in [0, 0.05) is 25.7 Å². The fourth-order valence-electron chi connectivity index (χ4n) is 0.597. The Morgan fingerprint density at radius 3 is 2.50 bits per heavy atom. The monoisotopic (exact) mass is 177 g/mol. The fraction of sp³-hybridized carbons (Fsp3) is 0.857. The summed E-state index contributed by atoms with van der Waals surface area (Å²) in [6, 6.07) is 0. The van der Waals surface area contributed by atoms with Crippen molar-refractivity contribution in [2.45, 2.75) is 6.92 Å². The molecule has 0 aromatic carbocycles. The Hall–Kier alpha value is -0.810. The molecule has 0 fully saturated rings. The van der Waals surface area contributed by atoms with Gasteiger partial charge in [0.1, 0.15) is 0 Å². The van der Waals surface area contributed by atoms with E-state index in [1.165, 1.54) is 0 Å². The number of carbonyl (C=O) groups excluding carboxylic acids is 1. The number of hydrogen-bond donors (Lipinski definition) is 3. The Morgan fingerprint density at radius 1 is 1.50 bits per heavy atom. The SMILES string of the molecule is CCOC(=O)NCC(CO)CO. The number of nitrogens with one attached hydrogen (secondary N) is 1.